The number of anilines is 1. The topological polar surface area (TPSA) is 207 Å². The van der Waals surface area contributed by atoms with Crippen molar-refractivity contribution >= 4 is 36.9 Å². The van der Waals surface area contributed by atoms with Gasteiger partial charge in [-0.1, -0.05) is 0 Å². The summed E-state index contributed by atoms with van der Waals surface area (Å²) in [4.78, 5) is 54.4. The fourth-order valence-corrected chi connectivity index (χ4v) is 3.23. The fraction of sp³-hybridized carbons (Fsp3) is 0.632. The van der Waals surface area contributed by atoms with Crippen LogP contribution in [-0.4, -0.2) is 66.3 Å². The van der Waals surface area contributed by atoms with Crippen LogP contribution >= 0.6 is 7.60 Å². The molecular weight excluding hydrogens is 489 g/mol. The number of carbonyl (C=O) groups excluding carboxylic acids is 2. The second kappa shape index (κ2) is 12.1. The lowest BCUT2D eigenvalue weighted by Crippen LogP contribution is -2.25. The summed E-state index contributed by atoms with van der Waals surface area (Å²) in [5, 5.41) is 0. The zero-order chi connectivity index (χ0) is 26.3. The molecule has 0 aliphatic carbocycles. The van der Waals surface area contributed by atoms with E-state index in [0.717, 1.165) is 0 Å². The highest BCUT2D eigenvalue weighted by molar-refractivity contribution is 7.51. The van der Waals surface area contributed by atoms with Gasteiger partial charge in [-0.3, -0.25) is 9.13 Å². The van der Waals surface area contributed by atoms with Crippen LogP contribution in [0.3, 0.4) is 0 Å². The van der Waals surface area contributed by atoms with E-state index in [0.29, 0.717) is 0 Å². The van der Waals surface area contributed by atoms with Crippen molar-refractivity contribution in [1.82, 2.24) is 19.5 Å². The molecule has 0 bridgehead atoms. The molecule has 0 fully saturated rings. The molecule has 0 amide bonds. The Kier molecular flexibility index (Phi) is 9.77. The highest BCUT2D eigenvalue weighted by Gasteiger charge is 2.26. The Balaban J connectivity index is 2.28. The van der Waals surface area contributed by atoms with Gasteiger partial charge in [-0.05, 0) is 34.6 Å². The number of ether oxygens (including phenoxy) is 5. The minimum Gasteiger partial charge on any atom is -0.432 e. The maximum atomic E-state index is 12.2. The number of rotatable bonds is 11. The van der Waals surface area contributed by atoms with Gasteiger partial charge in [0, 0.05) is 6.42 Å². The molecule has 0 spiro atoms. The van der Waals surface area contributed by atoms with Crippen LogP contribution in [0.2, 0.25) is 0 Å². The molecule has 4 N–H and O–H groups in total. The van der Waals surface area contributed by atoms with Gasteiger partial charge in [-0.25, -0.2) is 24.5 Å². The molecule has 16 heteroatoms. The average Bonchev–Trinajstić information content (AvgIpc) is 3.13. The number of nitrogen functional groups attached to an aromatic ring is 1. The largest absolute Gasteiger partial charge is 0.510 e. The standard InChI is InChI=1S/C19H30N5O10P/c1-10(2)32-18(25)30-7-13-22-16(20)15-17(23-13)21-8-24(15)14(34-19(26)33-11(3)4)6-12(5)31-9-35(27,28)29/h8,10-12,14H,6-7,9H2,1-5H3,(H2,20,22,23)(H2,27,28,29)/t12-,14?/m1/s1. The SMILES string of the molecule is CC(C)OC(=O)OCc1nc(N)c2c(ncn2C(C[C@@H](C)OCP(=O)(O)O)OC(=O)OC(C)C)n1. The first-order chi connectivity index (χ1) is 16.2. The van der Waals surface area contributed by atoms with Crippen molar-refractivity contribution < 1.29 is 47.6 Å². The second-order valence-corrected chi connectivity index (χ2v) is 9.64. The number of hydrogen-bond donors (Lipinski definition) is 3. The Morgan fingerprint density at radius 1 is 1.06 bits per heavy atom. The number of aromatic nitrogens is 4. The number of imidazole rings is 1. The zero-order valence-corrected chi connectivity index (χ0v) is 20.9. The Bertz CT molecular complexity index is 1070. The quantitative estimate of drug-likeness (QED) is 0.288. The number of carbonyl (C=O) groups is 2. The van der Waals surface area contributed by atoms with E-state index in [-0.39, 0.29) is 41.9 Å². The summed E-state index contributed by atoms with van der Waals surface area (Å²) in [5.41, 5.74) is 6.43. The summed E-state index contributed by atoms with van der Waals surface area (Å²) in [6.45, 7) is 7.85. The minimum atomic E-state index is -4.40. The third kappa shape index (κ3) is 9.28. The highest BCUT2D eigenvalue weighted by atomic mass is 31.2. The molecule has 0 aliphatic heterocycles. The van der Waals surface area contributed by atoms with Gasteiger partial charge in [0.2, 0.25) is 0 Å². The van der Waals surface area contributed by atoms with Crippen LogP contribution in [0.1, 0.15) is 53.1 Å². The molecule has 35 heavy (non-hydrogen) atoms. The first kappa shape index (κ1) is 28.2. The van der Waals surface area contributed by atoms with Crippen molar-refractivity contribution in [1.29, 1.82) is 0 Å². The summed E-state index contributed by atoms with van der Waals surface area (Å²) in [6, 6.07) is 0. The van der Waals surface area contributed by atoms with Gasteiger partial charge in [-0.2, -0.15) is 0 Å². The third-order valence-corrected chi connectivity index (χ3v) is 4.57. The fourth-order valence-electron chi connectivity index (χ4n) is 2.78. The highest BCUT2D eigenvalue weighted by Crippen LogP contribution is 2.35. The Morgan fingerprint density at radius 3 is 2.29 bits per heavy atom. The molecule has 2 atom stereocenters. The van der Waals surface area contributed by atoms with Gasteiger partial charge < -0.3 is 39.2 Å². The lowest BCUT2D eigenvalue weighted by Gasteiger charge is -2.23. The molecule has 2 aromatic rings. The van der Waals surface area contributed by atoms with Crippen LogP contribution in [-0.2, 0) is 34.9 Å². The maximum absolute atomic E-state index is 12.2. The summed E-state index contributed by atoms with van der Waals surface area (Å²) in [5.74, 6) is 0.0222. The van der Waals surface area contributed by atoms with Crippen LogP contribution in [0, 0.1) is 0 Å². The van der Waals surface area contributed by atoms with Crippen molar-refractivity contribution in [3.63, 3.8) is 0 Å². The molecule has 196 valence electrons. The van der Waals surface area contributed by atoms with E-state index in [4.69, 9.17) is 39.2 Å². The predicted molar refractivity (Wildman–Crippen MR) is 120 cm³/mol. The van der Waals surface area contributed by atoms with E-state index in [2.05, 4.69) is 15.0 Å². The predicted octanol–water partition coefficient (Wildman–Crippen LogP) is 2.46. The van der Waals surface area contributed by atoms with Crippen molar-refractivity contribution in [2.45, 2.75) is 72.2 Å². The molecule has 0 aliphatic rings. The number of nitrogens with zero attached hydrogens (tertiary/aromatic N) is 4. The normalized spacial score (nSPS) is 13.6. The Morgan fingerprint density at radius 2 is 1.69 bits per heavy atom. The van der Waals surface area contributed by atoms with E-state index < -0.39 is 44.7 Å². The molecule has 2 aromatic heterocycles. The summed E-state index contributed by atoms with van der Waals surface area (Å²) >= 11 is 0. The summed E-state index contributed by atoms with van der Waals surface area (Å²) < 4.78 is 38.0. The number of fused-ring (bicyclic) bond motifs is 1. The van der Waals surface area contributed by atoms with Gasteiger partial charge in [0.1, 0.15) is 18.2 Å². The Labute approximate surface area is 201 Å². The first-order valence-electron chi connectivity index (χ1n) is 10.6. The Hall–Kier alpha value is -3.00. The van der Waals surface area contributed by atoms with Crippen molar-refractivity contribution in [2.75, 3.05) is 12.1 Å². The van der Waals surface area contributed by atoms with Gasteiger partial charge in [0.15, 0.2) is 30.1 Å². The lowest BCUT2D eigenvalue weighted by atomic mass is 10.2. The van der Waals surface area contributed by atoms with Gasteiger partial charge in [0.25, 0.3) is 0 Å². The van der Waals surface area contributed by atoms with Gasteiger partial charge in [0.05, 0.1) is 18.3 Å². The van der Waals surface area contributed by atoms with E-state index in [1.165, 1.54) is 10.9 Å². The smallest absolute Gasteiger partial charge is 0.432 e. The molecular formula is C19H30N5O10P. The van der Waals surface area contributed by atoms with Crippen LogP contribution < -0.4 is 5.73 Å². The van der Waals surface area contributed by atoms with Crippen LogP contribution in [0.25, 0.3) is 11.2 Å². The van der Waals surface area contributed by atoms with Crippen LogP contribution in [0.4, 0.5) is 15.4 Å². The summed E-state index contributed by atoms with van der Waals surface area (Å²) in [6.07, 6.45) is -4.08. The van der Waals surface area contributed by atoms with Gasteiger partial charge >= 0.3 is 19.9 Å². The first-order valence-corrected chi connectivity index (χ1v) is 12.4. The van der Waals surface area contributed by atoms with Crippen molar-refractivity contribution in [3.05, 3.63) is 12.2 Å². The molecule has 1 unspecified atom stereocenters. The molecule has 0 saturated carbocycles. The van der Waals surface area contributed by atoms with E-state index in [9.17, 15) is 14.2 Å². The van der Waals surface area contributed by atoms with Crippen LogP contribution in [0.5, 0.6) is 0 Å². The zero-order valence-electron chi connectivity index (χ0n) is 20.0. The van der Waals surface area contributed by atoms with E-state index >= 15 is 0 Å². The average molecular weight is 519 g/mol. The molecule has 0 radical (unpaired) electrons. The molecule has 0 saturated heterocycles. The molecule has 2 rings (SSSR count). The second-order valence-electron chi connectivity index (χ2n) is 8.05. The number of nitrogens with two attached hydrogens (primary N) is 1. The van der Waals surface area contributed by atoms with E-state index in [1.807, 2.05) is 0 Å². The maximum Gasteiger partial charge on any atom is 0.510 e. The van der Waals surface area contributed by atoms with E-state index in [1.54, 1.807) is 34.6 Å². The van der Waals surface area contributed by atoms with Crippen LogP contribution in [0.15, 0.2) is 6.33 Å². The molecule has 0 aromatic carbocycles. The van der Waals surface area contributed by atoms with Crippen molar-refractivity contribution in [2.24, 2.45) is 0 Å². The minimum absolute atomic E-state index is 0.0377. The number of hydrogen-bond acceptors (Lipinski definition) is 12. The molecule has 15 nitrogen and oxygen atoms in total. The monoisotopic (exact) mass is 519 g/mol. The lowest BCUT2D eigenvalue weighted by molar-refractivity contribution is -0.0406. The van der Waals surface area contributed by atoms with Gasteiger partial charge in [-0.15, -0.1) is 0 Å². The molecule has 2 heterocycles. The van der Waals surface area contributed by atoms with Crippen molar-refractivity contribution in [3.8, 4) is 0 Å². The summed E-state index contributed by atoms with van der Waals surface area (Å²) in [7, 11) is -4.40. The third-order valence-electron chi connectivity index (χ3n) is 4.09.